The highest BCUT2D eigenvalue weighted by Crippen LogP contribution is 2.35. The van der Waals surface area contributed by atoms with Crippen LogP contribution >= 0.6 is 0 Å². The lowest BCUT2D eigenvalue weighted by Crippen LogP contribution is -2.46. The van der Waals surface area contributed by atoms with E-state index in [9.17, 15) is 0 Å². The van der Waals surface area contributed by atoms with Crippen molar-refractivity contribution in [2.75, 3.05) is 26.7 Å². The Hall–Kier alpha value is -0.120. The Morgan fingerprint density at radius 1 is 1.24 bits per heavy atom. The van der Waals surface area contributed by atoms with E-state index in [1.807, 2.05) is 0 Å². The number of nitrogens with one attached hydrogen (secondary N) is 1. The van der Waals surface area contributed by atoms with Crippen LogP contribution in [0.1, 0.15) is 58.8 Å². The van der Waals surface area contributed by atoms with Gasteiger partial charge in [0.05, 0.1) is 0 Å². The van der Waals surface area contributed by atoms with Gasteiger partial charge in [0.2, 0.25) is 0 Å². The van der Waals surface area contributed by atoms with Gasteiger partial charge in [-0.1, -0.05) is 13.8 Å². The van der Waals surface area contributed by atoms with Crippen molar-refractivity contribution in [3.8, 4) is 0 Å². The maximum Gasteiger partial charge on any atom is 0.0431 e. The molecule has 0 aromatic carbocycles. The zero-order valence-electron chi connectivity index (χ0n) is 14.4. The van der Waals surface area contributed by atoms with Crippen LogP contribution in [-0.4, -0.2) is 48.8 Å². The van der Waals surface area contributed by atoms with Crippen LogP contribution in [0.4, 0.5) is 0 Å². The minimum Gasteiger partial charge on any atom is -0.396 e. The van der Waals surface area contributed by atoms with Crippen molar-refractivity contribution in [2.24, 2.45) is 17.8 Å². The van der Waals surface area contributed by atoms with E-state index in [2.05, 4.69) is 31.1 Å². The molecule has 2 rings (SSSR count). The van der Waals surface area contributed by atoms with Gasteiger partial charge in [0.25, 0.3) is 0 Å². The summed E-state index contributed by atoms with van der Waals surface area (Å²) in [4.78, 5) is 2.73. The van der Waals surface area contributed by atoms with Crippen LogP contribution in [0.2, 0.25) is 0 Å². The summed E-state index contributed by atoms with van der Waals surface area (Å²) >= 11 is 0. The first-order valence-electron chi connectivity index (χ1n) is 9.17. The summed E-state index contributed by atoms with van der Waals surface area (Å²) in [6.45, 7) is 7.67. The Morgan fingerprint density at radius 3 is 2.71 bits per heavy atom. The molecule has 0 aromatic heterocycles. The molecule has 4 unspecified atom stereocenters. The van der Waals surface area contributed by atoms with Crippen molar-refractivity contribution >= 4 is 0 Å². The molecule has 0 radical (unpaired) electrons. The molecule has 4 atom stereocenters. The third kappa shape index (κ3) is 4.67. The van der Waals surface area contributed by atoms with Crippen LogP contribution in [0, 0.1) is 17.8 Å². The van der Waals surface area contributed by atoms with Crippen molar-refractivity contribution < 1.29 is 5.11 Å². The summed E-state index contributed by atoms with van der Waals surface area (Å²) < 4.78 is 0. The highest BCUT2D eigenvalue weighted by molar-refractivity contribution is 4.89. The Kier molecular flexibility index (Phi) is 6.97. The van der Waals surface area contributed by atoms with Gasteiger partial charge in [-0.05, 0) is 76.3 Å². The van der Waals surface area contributed by atoms with E-state index in [1.54, 1.807) is 0 Å². The zero-order valence-corrected chi connectivity index (χ0v) is 14.4. The van der Waals surface area contributed by atoms with Crippen LogP contribution in [0.15, 0.2) is 0 Å². The van der Waals surface area contributed by atoms with E-state index < -0.39 is 0 Å². The molecule has 1 saturated heterocycles. The summed E-state index contributed by atoms with van der Waals surface area (Å²) in [5.74, 6) is 2.55. The second-order valence-electron chi connectivity index (χ2n) is 7.63. The fourth-order valence-electron chi connectivity index (χ4n) is 4.58. The molecule has 21 heavy (non-hydrogen) atoms. The molecule has 0 aromatic rings. The molecule has 1 saturated carbocycles. The Morgan fingerprint density at radius 2 is 2.05 bits per heavy atom. The topological polar surface area (TPSA) is 35.5 Å². The SMILES string of the molecule is CNC1CCC(C(C)C)CC1CN1CCCC1CCCO. The summed E-state index contributed by atoms with van der Waals surface area (Å²) in [5.41, 5.74) is 0. The van der Waals surface area contributed by atoms with E-state index >= 15 is 0 Å². The molecule has 1 aliphatic carbocycles. The molecule has 2 aliphatic rings. The number of rotatable bonds is 7. The fraction of sp³-hybridized carbons (Fsp3) is 1.00. The first-order chi connectivity index (χ1) is 10.2. The molecule has 124 valence electrons. The van der Waals surface area contributed by atoms with E-state index in [1.165, 1.54) is 51.6 Å². The number of nitrogens with zero attached hydrogens (tertiary/aromatic N) is 1. The number of hydrogen-bond acceptors (Lipinski definition) is 3. The summed E-state index contributed by atoms with van der Waals surface area (Å²) in [6.07, 6.45) is 8.97. The molecule has 1 heterocycles. The molecule has 0 bridgehead atoms. The molecular weight excluding hydrogens is 260 g/mol. The smallest absolute Gasteiger partial charge is 0.0431 e. The average Bonchev–Trinajstić information content (AvgIpc) is 2.92. The van der Waals surface area contributed by atoms with Crippen LogP contribution in [0.25, 0.3) is 0 Å². The minimum atomic E-state index is 0.350. The lowest BCUT2D eigenvalue weighted by atomic mass is 9.73. The normalized spacial score (nSPS) is 34.7. The summed E-state index contributed by atoms with van der Waals surface area (Å²) in [5, 5.41) is 12.7. The van der Waals surface area contributed by atoms with Crippen LogP contribution < -0.4 is 5.32 Å². The highest BCUT2D eigenvalue weighted by Gasteiger charge is 2.34. The Balaban J connectivity index is 1.91. The maximum atomic E-state index is 9.08. The first-order valence-corrected chi connectivity index (χ1v) is 9.17. The van der Waals surface area contributed by atoms with Gasteiger partial charge in [0.15, 0.2) is 0 Å². The van der Waals surface area contributed by atoms with Crippen molar-refractivity contribution in [2.45, 2.75) is 70.9 Å². The molecule has 2 fully saturated rings. The molecular formula is C18H36N2O. The molecule has 3 heteroatoms. The summed E-state index contributed by atoms with van der Waals surface area (Å²) in [6, 6.07) is 1.44. The molecule has 0 amide bonds. The number of hydrogen-bond donors (Lipinski definition) is 2. The fourth-order valence-corrected chi connectivity index (χ4v) is 4.58. The van der Waals surface area contributed by atoms with E-state index in [0.717, 1.165) is 30.2 Å². The predicted molar refractivity (Wildman–Crippen MR) is 89.4 cm³/mol. The molecule has 2 N–H and O–H groups in total. The third-order valence-corrected chi connectivity index (χ3v) is 6.00. The maximum absolute atomic E-state index is 9.08. The largest absolute Gasteiger partial charge is 0.396 e. The molecule has 1 aliphatic heterocycles. The quantitative estimate of drug-likeness (QED) is 0.758. The van der Waals surface area contributed by atoms with Crippen molar-refractivity contribution in [1.29, 1.82) is 0 Å². The van der Waals surface area contributed by atoms with Gasteiger partial charge in [-0.3, -0.25) is 0 Å². The van der Waals surface area contributed by atoms with Crippen LogP contribution in [0.3, 0.4) is 0 Å². The average molecular weight is 296 g/mol. The van der Waals surface area contributed by atoms with Gasteiger partial charge in [0.1, 0.15) is 0 Å². The van der Waals surface area contributed by atoms with Gasteiger partial charge in [-0.25, -0.2) is 0 Å². The van der Waals surface area contributed by atoms with Crippen molar-refractivity contribution in [3.05, 3.63) is 0 Å². The number of aliphatic hydroxyl groups excluding tert-OH is 1. The van der Waals surface area contributed by atoms with E-state index in [-0.39, 0.29) is 0 Å². The van der Waals surface area contributed by atoms with Gasteiger partial charge >= 0.3 is 0 Å². The van der Waals surface area contributed by atoms with Crippen molar-refractivity contribution in [3.63, 3.8) is 0 Å². The first kappa shape index (κ1) is 17.2. The highest BCUT2D eigenvalue weighted by atomic mass is 16.2. The van der Waals surface area contributed by atoms with Gasteiger partial charge < -0.3 is 15.3 Å². The number of aliphatic hydroxyl groups is 1. The molecule has 3 nitrogen and oxygen atoms in total. The molecule has 0 spiro atoms. The Bertz CT molecular complexity index is 295. The second kappa shape index (κ2) is 8.50. The van der Waals surface area contributed by atoms with E-state index in [4.69, 9.17) is 5.11 Å². The third-order valence-electron chi connectivity index (χ3n) is 6.00. The minimum absolute atomic E-state index is 0.350. The zero-order chi connectivity index (χ0) is 15.2. The van der Waals surface area contributed by atoms with Crippen LogP contribution in [-0.2, 0) is 0 Å². The number of likely N-dealkylation sites (tertiary alicyclic amines) is 1. The van der Waals surface area contributed by atoms with Gasteiger partial charge in [-0.15, -0.1) is 0 Å². The summed E-state index contributed by atoms with van der Waals surface area (Å²) in [7, 11) is 2.14. The van der Waals surface area contributed by atoms with Crippen LogP contribution in [0.5, 0.6) is 0 Å². The lowest BCUT2D eigenvalue weighted by Gasteiger charge is -2.40. The van der Waals surface area contributed by atoms with Gasteiger partial charge in [0, 0.05) is 25.2 Å². The van der Waals surface area contributed by atoms with E-state index in [0.29, 0.717) is 12.6 Å². The second-order valence-corrected chi connectivity index (χ2v) is 7.63. The standard InChI is InChI=1S/C18H36N2O/c1-14(2)15-8-9-18(19-3)16(12-15)13-20-10-4-6-17(20)7-5-11-21/h14-19,21H,4-13H2,1-3H3. The lowest BCUT2D eigenvalue weighted by molar-refractivity contribution is 0.114. The monoisotopic (exact) mass is 296 g/mol. The van der Waals surface area contributed by atoms with Gasteiger partial charge in [-0.2, -0.15) is 0 Å². The Labute approximate surface area is 131 Å². The van der Waals surface area contributed by atoms with Crippen molar-refractivity contribution in [1.82, 2.24) is 10.2 Å². The predicted octanol–water partition coefficient (Wildman–Crippen LogP) is 2.88.